The molecule has 12 heavy (non-hydrogen) atoms. The molecule has 0 spiro atoms. The lowest BCUT2D eigenvalue weighted by Crippen LogP contribution is -1.77. The topological polar surface area (TPSA) is 28.7 Å². The largest absolute Gasteiger partial charge is 0.345 e. The molecule has 0 bridgehead atoms. The van der Waals surface area contributed by atoms with Crippen LogP contribution in [0, 0.1) is 5.82 Å². The van der Waals surface area contributed by atoms with Gasteiger partial charge in [0.2, 0.25) is 0 Å². The Kier molecular flexibility index (Phi) is 1.63. The summed E-state index contributed by atoms with van der Waals surface area (Å²) in [4.78, 5) is 6.81. The van der Waals surface area contributed by atoms with E-state index in [0.717, 1.165) is 11.3 Å². The molecule has 0 unspecified atom stereocenters. The third-order valence-corrected chi connectivity index (χ3v) is 1.65. The van der Waals surface area contributed by atoms with E-state index in [-0.39, 0.29) is 7.24 Å². The molecule has 62 valence electrons. The first-order valence-corrected chi connectivity index (χ1v) is 3.60. The van der Waals surface area contributed by atoms with E-state index in [1.165, 1.54) is 12.1 Å². The molecule has 0 aliphatic heterocycles. The number of hydrogen-bond acceptors (Lipinski definition) is 1. The highest BCUT2D eigenvalue weighted by molar-refractivity contribution is 5.57. The molecule has 0 saturated carbocycles. The highest BCUT2D eigenvalue weighted by Gasteiger charge is 1.97. The van der Waals surface area contributed by atoms with Gasteiger partial charge in [-0.25, -0.2) is 9.37 Å². The number of rotatable bonds is 1. The fourth-order valence-corrected chi connectivity index (χ4v) is 1.04. The standard InChI is InChI=1S/C9H7FN2.H2/c10-8-3-1-7(2-4-8)9-5-11-6-12-9;/h1-6H,(H,11,12);1H. The van der Waals surface area contributed by atoms with Gasteiger partial charge in [0.1, 0.15) is 5.82 Å². The molecule has 2 nitrogen and oxygen atoms in total. The molecule has 0 saturated heterocycles. The Morgan fingerprint density at radius 3 is 2.58 bits per heavy atom. The van der Waals surface area contributed by atoms with Crippen LogP contribution in [0.1, 0.15) is 1.43 Å². The van der Waals surface area contributed by atoms with E-state index in [2.05, 4.69) is 9.97 Å². The minimum atomic E-state index is -0.224. The van der Waals surface area contributed by atoms with Crippen molar-refractivity contribution in [3.8, 4) is 11.3 Å². The van der Waals surface area contributed by atoms with Crippen molar-refractivity contribution in [2.45, 2.75) is 0 Å². The number of aromatic nitrogens is 2. The van der Waals surface area contributed by atoms with Crippen LogP contribution in [-0.2, 0) is 0 Å². The predicted molar refractivity (Wildman–Crippen MR) is 46.1 cm³/mol. The summed E-state index contributed by atoms with van der Waals surface area (Å²) in [5.74, 6) is -0.224. The Morgan fingerprint density at radius 2 is 2.00 bits per heavy atom. The maximum atomic E-state index is 12.5. The van der Waals surface area contributed by atoms with Gasteiger partial charge < -0.3 is 4.98 Å². The van der Waals surface area contributed by atoms with E-state index in [0.29, 0.717) is 0 Å². The number of imidazole rings is 1. The lowest BCUT2D eigenvalue weighted by atomic mass is 10.2. The molecular formula is C9H9FN2. The molecule has 1 heterocycles. The van der Waals surface area contributed by atoms with Crippen molar-refractivity contribution in [3.63, 3.8) is 0 Å². The number of hydrogen-bond donors (Lipinski definition) is 1. The fraction of sp³-hybridized carbons (Fsp3) is 0. The molecule has 0 aliphatic rings. The number of halogens is 1. The zero-order chi connectivity index (χ0) is 8.39. The van der Waals surface area contributed by atoms with Gasteiger partial charge in [0.15, 0.2) is 0 Å². The van der Waals surface area contributed by atoms with Crippen LogP contribution in [0.2, 0.25) is 0 Å². The minimum Gasteiger partial charge on any atom is -0.345 e. The maximum absolute atomic E-state index is 12.5. The number of H-pyrrole nitrogens is 1. The van der Waals surface area contributed by atoms with E-state index in [9.17, 15) is 4.39 Å². The molecule has 2 aromatic rings. The van der Waals surface area contributed by atoms with E-state index < -0.39 is 0 Å². The van der Waals surface area contributed by atoms with Crippen LogP contribution >= 0.6 is 0 Å². The summed E-state index contributed by atoms with van der Waals surface area (Å²) in [6, 6.07) is 6.28. The Labute approximate surface area is 70.6 Å². The van der Waals surface area contributed by atoms with E-state index in [1.54, 1.807) is 24.7 Å². The lowest BCUT2D eigenvalue weighted by Gasteiger charge is -1.95. The van der Waals surface area contributed by atoms with Crippen molar-refractivity contribution in [2.75, 3.05) is 0 Å². The second-order valence-corrected chi connectivity index (χ2v) is 2.47. The second-order valence-electron chi connectivity index (χ2n) is 2.47. The van der Waals surface area contributed by atoms with Crippen LogP contribution in [0.5, 0.6) is 0 Å². The van der Waals surface area contributed by atoms with Gasteiger partial charge in [-0.3, -0.25) is 0 Å². The number of nitrogens with zero attached hydrogens (tertiary/aromatic N) is 1. The summed E-state index contributed by atoms with van der Waals surface area (Å²) >= 11 is 0. The van der Waals surface area contributed by atoms with Gasteiger partial charge in [-0.2, -0.15) is 0 Å². The van der Waals surface area contributed by atoms with E-state index in [4.69, 9.17) is 0 Å². The van der Waals surface area contributed by atoms with Crippen LogP contribution in [0.3, 0.4) is 0 Å². The van der Waals surface area contributed by atoms with Gasteiger partial charge in [-0.05, 0) is 29.8 Å². The van der Waals surface area contributed by atoms with E-state index in [1.807, 2.05) is 0 Å². The Morgan fingerprint density at radius 1 is 1.25 bits per heavy atom. The highest BCUT2D eigenvalue weighted by Crippen LogP contribution is 2.15. The molecule has 1 N–H and O–H groups in total. The first-order chi connectivity index (χ1) is 5.86. The van der Waals surface area contributed by atoms with Crippen LogP contribution in [-0.4, -0.2) is 9.97 Å². The number of aromatic amines is 1. The first kappa shape index (κ1) is 7.03. The average Bonchev–Trinajstić information content (AvgIpc) is 2.58. The molecule has 0 fully saturated rings. The molecular weight excluding hydrogens is 155 g/mol. The number of nitrogens with one attached hydrogen (secondary N) is 1. The quantitative estimate of drug-likeness (QED) is 0.689. The van der Waals surface area contributed by atoms with Gasteiger partial charge in [0, 0.05) is 1.43 Å². The fourth-order valence-electron chi connectivity index (χ4n) is 1.04. The van der Waals surface area contributed by atoms with Crippen LogP contribution < -0.4 is 0 Å². The maximum Gasteiger partial charge on any atom is 0.123 e. The zero-order valence-corrected chi connectivity index (χ0v) is 6.29. The van der Waals surface area contributed by atoms with Crippen molar-refractivity contribution < 1.29 is 5.82 Å². The molecule has 0 amide bonds. The lowest BCUT2D eigenvalue weighted by molar-refractivity contribution is 0.628. The molecule has 1 aromatic carbocycles. The highest BCUT2D eigenvalue weighted by atomic mass is 19.1. The third kappa shape index (κ3) is 1.21. The van der Waals surface area contributed by atoms with Crippen LogP contribution in [0.25, 0.3) is 11.3 Å². The van der Waals surface area contributed by atoms with Crippen molar-refractivity contribution >= 4 is 0 Å². The first-order valence-electron chi connectivity index (χ1n) is 3.60. The summed E-state index contributed by atoms with van der Waals surface area (Å²) in [6.45, 7) is 0. The minimum absolute atomic E-state index is 0. The van der Waals surface area contributed by atoms with Crippen LogP contribution in [0.15, 0.2) is 36.8 Å². The van der Waals surface area contributed by atoms with Gasteiger partial charge in [0.25, 0.3) is 0 Å². The summed E-state index contributed by atoms with van der Waals surface area (Å²) in [5, 5.41) is 0. The Bertz CT molecular complexity index is 356. The summed E-state index contributed by atoms with van der Waals surface area (Å²) in [5.41, 5.74) is 1.84. The SMILES string of the molecule is Fc1ccc(-c2cnc[nH]2)cc1.[HH]. The third-order valence-electron chi connectivity index (χ3n) is 1.65. The summed E-state index contributed by atoms with van der Waals surface area (Å²) in [6.07, 6.45) is 3.30. The zero-order valence-electron chi connectivity index (χ0n) is 6.29. The van der Waals surface area contributed by atoms with Crippen molar-refractivity contribution in [3.05, 3.63) is 42.6 Å². The molecule has 0 atom stereocenters. The molecule has 1 aromatic heterocycles. The van der Waals surface area contributed by atoms with Crippen molar-refractivity contribution in [1.29, 1.82) is 0 Å². The van der Waals surface area contributed by atoms with Gasteiger partial charge >= 0.3 is 0 Å². The molecule has 2 rings (SSSR count). The number of benzene rings is 1. The van der Waals surface area contributed by atoms with E-state index >= 15 is 0 Å². The molecule has 0 aliphatic carbocycles. The Balaban J connectivity index is 0.000000845. The monoisotopic (exact) mass is 164 g/mol. The summed E-state index contributed by atoms with van der Waals surface area (Å²) < 4.78 is 12.5. The molecule has 0 radical (unpaired) electrons. The van der Waals surface area contributed by atoms with Crippen molar-refractivity contribution in [2.24, 2.45) is 0 Å². The normalized spacial score (nSPS) is 10.1. The van der Waals surface area contributed by atoms with Crippen molar-refractivity contribution in [1.82, 2.24) is 9.97 Å². The van der Waals surface area contributed by atoms with Gasteiger partial charge in [-0.15, -0.1) is 0 Å². The Hall–Kier alpha value is -1.64. The smallest absolute Gasteiger partial charge is 0.123 e. The predicted octanol–water partition coefficient (Wildman–Crippen LogP) is 2.46. The average molecular weight is 164 g/mol. The van der Waals surface area contributed by atoms with Gasteiger partial charge in [-0.1, -0.05) is 0 Å². The van der Waals surface area contributed by atoms with Gasteiger partial charge in [0.05, 0.1) is 18.2 Å². The molecule has 3 heteroatoms. The van der Waals surface area contributed by atoms with Crippen LogP contribution in [0.4, 0.5) is 4.39 Å². The second kappa shape index (κ2) is 2.77. The summed E-state index contributed by atoms with van der Waals surface area (Å²) in [7, 11) is 0.